The fraction of sp³-hybridized carbons (Fsp3) is 0.857. The fourth-order valence-electron chi connectivity index (χ4n) is 2.59. The molecule has 1 aliphatic heterocycles. The molecule has 1 amide bonds. The maximum absolute atomic E-state index is 12.1. The lowest BCUT2D eigenvalue weighted by Crippen LogP contribution is -2.59. The molecule has 0 aromatic rings. The van der Waals surface area contributed by atoms with Crippen molar-refractivity contribution in [2.45, 2.75) is 38.3 Å². The summed E-state index contributed by atoms with van der Waals surface area (Å²) in [6.07, 6.45) is 2.33. The van der Waals surface area contributed by atoms with Gasteiger partial charge in [0.2, 0.25) is 5.91 Å². The highest BCUT2D eigenvalue weighted by Crippen LogP contribution is 2.25. The van der Waals surface area contributed by atoms with Crippen LogP contribution in [-0.2, 0) is 4.79 Å². The minimum Gasteiger partial charge on any atom is -0.392 e. The molecule has 5 nitrogen and oxygen atoms in total. The van der Waals surface area contributed by atoms with Crippen LogP contribution in [0.2, 0.25) is 0 Å². The number of carbonyl (C=O) groups is 1. The van der Waals surface area contributed by atoms with Gasteiger partial charge in [0.25, 0.3) is 0 Å². The second-order valence-electron chi connectivity index (χ2n) is 6.42. The van der Waals surface area contributed by atoms with Gasteiger partial charge in [-0.25, -0.2) is 0 Å². The van der Waals surface area contributed by atoms with Crippen LogP contribution in [0.3, 0.4) is 0 Å². The van der Waals surface area contributed by atoms with E-state index in [4.69, 9.17) is 18.0 Å². The number of hydrogen-bond acceptors (Lipinski definition) is 4. The Morgan fingerprint density at radius 2 is 1.85 bits per heavy atom. The van der Waals surface area contributed by atoms with Crippen LogP contribution in [0.15, 0.2) is 0 Å². The second kappa shape index (κ2) is 5.95. The standard InChI is InChI=1S/C14H26N4OS/c1-14(2,13(15)20)18-8-6-17(7-9-18)10-12(19)16(3)11-4-5-11/h11H,4-10H2,1-3H3,(H2,15,20). The highest BCUT2D eigenvalue weighted by molar-refractivity contribution is 7.80. The average Bonchev–Trinajstić information content (AvgIpc) is 3.22. The molecule has 0 spiro atoms. The van der Waals surface area contributed by atoms with Gasteiger partial charge in [-0.2, -0.15) is 0 Å². The molecule has 1 saturated heterocycles. The molecule has 2 N–H and O–H groups in total. The second-order valence-corrected chi connectivity index (χ2v) is 6.86. The first-order chi connectivity index (χ1) is 9.32. The van der Waals surface area contributed by atoms with Crippen LogP contribution < -0.4 is 5.73 Å². The Labute approximate surface area is 127 Å². The summed E-state index contributed by atoms with van der Waals surface area (Å²) in [7, 11) is 1.92. The third kappa shape index (κ3) is 3.48. The highest BCUT2D eigenvalue weighted by Gasteiger charge is 2.34. The Kier molecular flexibility index (Phi) is 4.66. The van der Waals surface area contributed by atoms with E-state index in [-0.39, 0.29) is 11.4 Å². The van der Waals surface area contributed by atoms with Crippen LogP contribution in [0.25, 0.3) is 0 Å². The summed E-state index contributed by atoms with van der Waals surface area (Å²) in [6.45, 7) is 8.28. The number of carbonyl (C=O) groups excluding carboxylic acids is 1. The number of hydrogen-bond donors (Lipinski definition) is 1. The SMILES string of the molecule is CN(C(=O)CN1CCN(C(C)(C)C(N)=S)CC1)C1CC1. The molecule has 1 heterocycles. The largest absolute Gasteiger partial charge is 0.392 e. The summed E-state index contributed by atoms with van der Waals surface area (Å²) in [6, 6.07) is 0.498. The number of nitrogens with two attached hydrogens (primary N) is 1. The normalized spacial score (nSPS) is 21.8. The third-order valence-electron chi connectivity index (χ3n) is 4.61. The first-order valence-electron chi connectivity index (χ1n) is 7.35. The number of piperazine rings is 1. The van der Waals surface area contributed by atoms with Crippen molar-refractivity contribution in [3.8, 4) is 0 Å². The first kappa shape index (κ1) is 15.7. The Balaban J connectivity index is 1.79. The van der Waals surface area contributed by atoms with Gasteiger partial charge in [-0.1, -0.05) is 12.2 Å². The van der Waals surface area contributed by atoms with Crippen molar-refractivity contribution in [1.82, 2.24) is 14.7 Å². The van der Waals surface area contributed by atoms with Gasteiger partial charge >= 0.3 is 0 Å². The molecule has 0 unspecified atom stereocenters. The van der Waals surface area contributed by atoms with E-state index >= 15 is 0 Å². The lowest BCUT2D eigenvalue weighted by Gasteiger charge is -2.43. The topological polar surface area (TPSA) is 52.8 Å². The van der Waals surface area contributed by atoms with Crippen LogP contribution in [0, 0.1) is 0 Å². The van der Waals surface area contributed by atoms with Crippen molar-refractivity contribution in [2.24, 2.45) is 5.73 Å². The Morgan fingerprint density at radius 3 is 2.30 bits per heavy atom. The van der Waals surface area contributed by atoms with Gasteiger partial charge in [0.05, 0.1) is 17.1 Å². The summed E-state index contributed by atoms with van der Waals surface area (Å²) in [5.41, 5.74) is 5.57. The van der Waals surface area contributed by atoms with E-state index in [2.05, 4.69) is 23.6 Å². The molecule has 0 aromatic heterocycles. The lowest BCUT2D eigenvalue weighted by atomic mass is 10.0. The van der Waals surface area contributed by atoms with Crippen LogP contribution in [-0.4, -0.2) is 76.9 Å². The zero-order valence-corrected chi connectivity index (χ0v) is 13.6. The van der Waals surface area contributed by atoms with Gasteiger partial charge in [-0.15, -0.1) is 0 Å². The maximum Gasteiger partial charge on any atom is 0.236 e. The summed E-state index contributed by atoms with van der Waals surface area (Å²) >= 11 is 5.14. The van der Waals surface area contributed by atoms with Crippen LogP contribution in [0.1, 0.15) is 26.7 Å². The first-order valence-corrected chi connectivity index (χ1v) is 7.76. The summed E-state index contributed by atoms with van der Waals surface area (Å²) in [5.74, 6) is 0.245. The summed E-state index contributed by atoms with van der Waals surface area (Å²) < 4.78 is 0. The quantitative estimate of drug-likeness (QED) is 0.740. The van der Waals surface area contributed by atoms with E-state index in [9.17, 15) is 4.79 Å². The van der Waals surface area contributed by atoms with Crippen molar-refractivity contribution in [2.75, 3.05) is 39.8 Å². The van der Waals surface area contributed by atoms with E-state index in [1.165, 1.54) is 0 Å². The molecule has 2 rings (SSSR count). The van der Waals surface area contributed by atoms with Crippen molar-refractivity contribution in [1.29, 1.82) is 0 Å². The molecule has 0 bridgehead atoms. The predicted molar refractivity (Wildman–Crippen MR) is 84.7 cm³/mol. The van der Waals surface area contributed by atoms with Gasteiger partial charge in [0.15, 0.2) is 0 Å². The molecule has 20 heavy (non-hydrogen) atoms. The molecule has 2 fully saturated rings. The molecule has 0 atom stereocenters. The number of nitrogens with zero attached hydrogens (tertiary/aromatic N) is 3. The number of amides is 1. The van der Waals surface area contributed by atoms with Gasteiger partial charge in [0, 0.05) is 39.3 Å². The molecule has 0 aromatic carbocycles. The van der Waals surface area contributed by atoms with Crippen LogP contribution >= 0.6 is 12.2 Å². The Hall–Kier alpha value is -0.720. The molecule has 114 valence electrons. The average molecular weight is 298 g/mol. The van der Waals surface area contributed by atoms with Gasteiger partial charge in [0.1, 0.15) is 0 Å². The number of thiocarbonyl (C=S) groups is 1. The van der Waals surface area contributed by atoms with Crippen molar-refractivity contribution in [3.05, 3.63) is 0 Å². The summed E-state index contributed by atoms with van der Waals surface area (Å²) in [4.78, 5) is 19.1. The van der Waals surface area contributed by atoms with E-state index in [1.807, 2.05) is 11.9 Å². The molecule has 0 radical (unpaired) electrons. The van der Waals surface area contributed by atoms with Gasteiger partial charge in [-0.05, 0) is 26.7 Å². The number of rotatable bonds is 5. The molecular formula is C14H26N4OS. The number of likely N-dealkylation sites (N-methyl/N-ethyl adjacent to an activating group) is 1. The molecule has 1 saturated carbocycles. The van der Waals surface area contributed by atoms with E-state index < -0.39 is 0 Å². The van der Waals surface area contributed by atoms with E-state index in [0.29, 0.717) is 17.6 Å². The van der Waals surface area contributed by atoms with Gasteiger partial charge in [-0.3, -0.25) is 14.6 Å². The van der Waals surface area contributed by atoms with Crippen molar-refractivity contribution < 1.29 is 4.79 Å². The Bertz CT molecular complexity index is 387. The van der Waals surface area contributed by atoms with Crippen LogP contribution in [0.5, 0.6) is 0 Å². The molecule has 2 aliphatic rings. The Morgan fingerprint density at radius 1 is 1.30 bits per heavy atom. The zero-order valence-electron chi connectivity index (χ0n) is 12.8. The fourth-order valence-corrected chi connectivity index (χ4v) is 2.72. The smallest absolute Gasteiger partial charge is 0.236 e. The maximum atomic E-state index is 12.1. The molecule has 1 aliphatic carbocycles. The van der Waals surface area contributed by atoms with E-state index in [0.717, 1.165) is 39.0 Å². The monoisotopic (exact) mass is 298 g/mol. The van der Waals surface area contributed by atoms with Crippen LogP contribution in [0.4, 0.5) is 0 Å². The van der Waals surface area contributed by atoms with Crippen molar-refractivity contribution >= 4 is 23.1 Å². The van der Waals surface area contributed by atoms with Crippen molar-refractivity contribution in [3.63, 3.8) is 0 Å². The third-order valence-corrected chi connectivity index (χ3v) is 5.11. The minimum absolute atomic E-state index is 0.240. The zero-order chi connectivity index (χ0) is 14.9. The highest BCUT2D eigenvalue weighted by atomic mass is 32.1. The minimum atomic E-state index is -0.240. The van der Waals surface area contributed by atoms with Gasteiger partial charge < -0.3 is 10.6 Å². The predicted octanol–water partition coefficient (Wildman–Crippen LogP) is 0.290. The molecule has 6 heteroatoms. The lowest BCUT2D eigenvalue weighted by molar-refractivity contribution is -0.132. The molecular weight excluding hydrogens is 272 g/mol. The summed E-state index contributed by atoms with van der Waals surface area (Å²) in [5, 5.41) is 0. The van der Waals surface area contributed by atoms with E-state index in [1.54, 1.807) is 0 Å².